The van der Waals surface area contributed by atoms with Crippen molar-refractivity contribution in [3.63, 3.8) is 0 Å². The number of ether oxygens (including phenoxy) is 1. The number of methoxy groups -OCH3 is 1. The van der Waals surface area contributed by atoms with E-state index in [9.17, 15) is 9.90 Å². The Hall–Kier alpha value is -1.80. The molecule has 0 radical (unpaired) electrons. The highest BCUT2D eigenvalue weighted by molar-refractivity contribution is 9.10. The Morgan fingerprint density at radius 1 is 1.45 bits per heavy atom. The number of Topliss-reactive ketones (excluding diaryl/α,β-unsaturated/α-hetero) is 1. The molecule has 0 saturated carbocycles. The van der Waals surface area contributed by atoms with E-state index in [1.807, 2.05) is 6.07 Å². The lowest BCUT2D eigenvalue weighted by Crippen LogP contribution is -2.21. The highest BCUT2D eigenvalue weighted by Gasteiger charge is 2.25. The standard InChI is InChI=1S/C15H16BrNO3/c1-15(2,3)14(19)10(8-17)5-9-6-12(18)13(20-4)7-11(9)16/h5-7,18H,1-4H3/b10-5+. The second-order valence-electron chi connectivity index (χ2n) is 5.29. The summed E-state index contributed by atoms with van der Waals surface area (Å²) in [5.41, 5.74) is -0.0528. The van der Waals surface area contributed by atoms with Crippen LogP contribution in [0.5, 0.6) is 11.5 Å². The molecule has 1 N–H and O–H groups in total. The van der Waals surface area contributed by atoms with Gasteiger partial charge in [-0.1, -0.05) is 36.7 Å². The van der Waals surface area contributed by atoms with E-state index in [1.54, 1.807) is 26.8 Å². The first-order chi connectivity index (χ1) is 9.20. The van der Waals surface area contributed by atoms with E-state index in [0.717, 1.165) is 0 Å². The van der Waals surface area contributed by atoms with E-state index in [1.165, 1.54) is 19.3 Å². The summed E-state index contributed by atoms with van der Waals surface area (Å²) >= 11 is 3.32. The van der Waals surface area contributed by atoms with Crippen molar-refractivity contribution in [3.8, 4) is 17.6 Å². The number of nitrogens with zero attached hydrogens (tertiary/aromatic N) is 1. The van der Waals surface area contributed by atoms with Gasteiger partial charge in [0.1, 0.15) is 6.07 Å². The topological polar surface area (TPSA) is 70.3 Å². The Morgan fingerprint density at radius 2 is 2.05 bits per heavy atom. The summed E-state index contributed by atoms with van der Waals surface area (Å²) in [4.78, 5) is 12.1. The molecule has 1 aromatic rings. The van der Waals surface area contributed by atoms with Crippen LogP contribution in [0.1, 0.15) is 26.3 Å². The number of carbonyl (C=O) groups is 1. The van der Waals surface area contributed by atoms with Gasteiger partial charge >= 0.3 is 0 Å². The van der Waals surface area contributed by atoms with E-state index in [4.69, 9.17) is 10.00 Å². The van der Waals surface area contributed by atoms with Crippen molar-refractivity contribution >= 4 is 27.8 Å². The highest BCUT2D eigenvalue weighted by atomic mass is 79.9. The molecule has 1 aromatic carbocycles. The average Bonchev–Trinajstić information content (AvgIpc) is 2.37. The van der Waals surface area contributed by atoms with E-state index < -0.39 is 5.41 Å². The molecule has 106 valence electrons. The van der Waals surface area contributed by atoms with Crippen LogP contribution in [-0.2, 0) is 4.79 Å². The van der Waals surface area contributed by atoms with Crippen LogP contribution in [0.15, 0.2) is 22.2 Å². The predicted molar refractivity (Wildman–Crippen MR) is 80.4 cm³/mol. The van der Waals surface area contributed by atoms with Gasteiger partial charge in [0, 0.05) is 9.89 Å². The number of ketones is 1. The third-order valence-electron chi connectivity index (χ3n) is 2.64. The van der Waals surface area contributed by atoms with Crippen molar-refractivity contribution in [1.82, 2.24) is 0 Å². The number of benzene rings is 1. The number of hydrogen-bond acceptors (Lipinski definition) is 4. The average molecular weight is 338 g/mol. The lowest BCUT2D eigenvalue weighted by atomic mass is 9.86. The van der Waals surface area contributed by atoms with Gasteiger partial charge in [0.05, 0.1) is 12.7 Å². The van der Waals surface area contributed by atoms with Crippen molar-refractivity contribution in [3.05, 3.63) is 27.7 Å². The van der Waals surface area contributed by atoms with Crippen molar-refractivity contribution in [1.29, 1.82) is 5.26 Å². The molecule has 0 aliphatic rings. The number of halogens is 1. The first kappa shape index (κ1) is 16.3. The molecule has 0 spiro atoms. The largest absolute Gasteiger partial charge is 0.504 e. The lowest BCUT2D eigenvalue weighted by Gasteiger charge is -2.15. The summed E-state index contributed by atoms with van der Waals surface area (Å²) in [5.74, 6) is 0.0133. The molecule has 5 heteroatoms. The summed E-state index contributed by atoms with van der Waals surface area (Å²) in [6, 6.07) is 4.93. The van der Waals surface area contributed by atoms with Gasteiger partial charge in [-0.25, -0.2) is 0 Å². The SMILES string of the molecule is COc1cc(Br)c(/C=C(\C#N)C(=O)C(C)(C)C)cc1O. The smallest absolute Gasteiger partial charge is 0.178 e. The molecular weight excluding hydrogens is 322 g/mol. The lowest BCUT2D eigenvalue weighted by molar-refractivity contribution is -0.121. The number of phenols is 1. The van der Waals surface area contributed by atoms with E-state index in [2.05, 4.69) is 15.9 Å². The maximum Gasteiger partial charge on any atom is 0.178 e. The summed E-state index contributed by atoms with van der Waals surface area (Å²) in [7, 11) is 1.45. The fourth-order valence-corrected chi connectivity index (χ4v) is 1.98. The zero-order valence-corrected chi connectivity index (χ0v) is 13.4. The molecule has 0 aliphatic heterocycles. The first-order valence-electron chi connectivity index (χ1n) is 5.93. The molecule has 0 saturated heterocycles. The van der Waals surface area contributed by atoms with Crippen LogP contribution < -0.4 is 4.74 Å². The molecule has 4 nitrogen and oxygen atoms in total. The molecule has 0 fully saturated rings. The van der Waals surface area contributed by atoms with E-state index >= 15 is 0 Å². The van der Waals surface area contributed by atoms with Crippen molar-refractivity contribution in [2.45, 2.75) is 20.8 Å². The molecule has 0 aromatic heterocycles. The molecule has 20 heavy (non-hydrogen) atoms. The number of phenolic OH excluding ortho intramolecular Hbond substituents is 1. The molecule has 0 atom stereocenters. The van der Waals surface area contributed by atoms with Crippen LogP contribution in [0, 0.1) is 16.7 Å². The second kappa shape index (κ2) is 6.10. The Morgan fingerprint density at radius 3 is 2.50 bits per heavy atom. The minimum Gasteiger partial charge on any atom is -0.504 e. The zero-order valence-electron chi connectivity index (χ0n) is 11.8. The Balaban J connectivity index is 3.32. The van der Waals surface area contributed by atoms with Crippen molar-refractivity contribution in [2.24, 2.45) is 5.41 Å². The number of aromatic hydroxyl groups is 1. The maximum atomic E-state index is 12.1. The van der Waals surface area contributed by atoms with Gasteiger partial charge in [-0.15, -0.1) is 0 Å². The predicted octanol–water partition coefficient (Wildman–Crippen LogP) is 3.69. The molecule has 1 rings (SSSR count). The minimum atomic E-state index is -0.636. The monoisotopic (exact) mass is 337 g/mol. The summed E-state index contributed by atoms with van der Waals surface area (Å²) < 4.78 is 5.61. The number of nitriles is 1. The molecular formula is C15H16BrNO3. The Labute approximate surface area is 126 Å². The van der Waals surface area contributed by atoms with Gasteiger partial charge in [0.15, 0.2) is 17.3 Å². The van der Waals surface area contributed by atoms with Crippen LogP contribution in [0.3, 0.4) is 0 Å². The van der Waals surface area contributed by atoms with E-state index in [-0.39, 0.29) is 17.1 Å². The summed E-state index contributed by atoms with van der Waals surface area (Å²) in [5, 5.41) is 18.9. The van der Waals surface area contributed by atoms with Gasteiger partial charge in [-0.05, 0) is 23.8 Å². The van der Waals surface area contributed by atoms with Gasteiger partial charge < -0.3 is 9.84 Å². The third-order valence-corrected chi connectivity index (χ3v) is 3.33. The molecule has 0 heterocycles. The number of hydrogen-bond donors (Lipinski definition) is 1. The van der Waals surface area contributed by atoms with Crippen molar-refractivity contribution in [2.75, 3.05) is 7.11 Å². The Kier molecular flexibility index (Phi) is 4.96. The van der Waals surface area contributed by atoms with Crippen molar-refractivity contribution < 1.29 is 14.6 Å². The van der Waals surface area contributed by atoms with Crippen LogP contribution in [0.4, 0.5) is 0 Å². The Bertz CT molecular complexity index is 607. The fourth-order valence-electron chi connectivity index (χ4n) is 1.54. The minimum absolute atomic E-state index is 0.0442. The van der Waals surface area contributed by atoms with Crippen LogP contribution in [0.2, 0.25) is 0 Å². The third kappa shape index (κ3) is 3.61. The summed E-state index contributed by atoms with van der Waals surface area (Å²) in [6.07, 6.45) is 1.46. The molecule has 0 unspecified atom stereocenters. The highest BCUT2D eigenvalue weighted by Crippen LogP contribution is 2.34. The summed E-state index contributed by atoms with van der Waals surface area (Å²) in [6.45, 7) is 5.25. The van der Waals surface area contributed by atoms with Crippen LogP contribution in [-0.4, -0.2) is 18.0 Å². The van der Waals surface area contributed by atoms with Gasteiger partial charge in [0.25, 0.3) is 0 Å². The normalized spacial score (nSPS) is 11.9. The number of rotatable bonds is 3. The number of carbonyl (C=O) groups excluding carboxylic acids is 1. The molecule has 0 amide bonds. The van der Waals surface area contributed by atoms with Gasteiger partial charge in [-0.2, -0.15) is 5.26 Å². The maximum absolute atomic E-state index is 12.1. The van der Waals surface area contributed by atoms with E-state index in [0.29, 0.717) is 15.8 Å². The molecule has 0 aliphatic carbocycles. The molecule has 0 bridgehead atoms. The quantitative estimate of drug-likeness (QED) is 0.674. The second-order valence-corrected chi connectivity index (χ2v) is 6.15. The number of allylic oxidation sites excluding steroid dienone is 1. The first-order valence-corrected chi connectivity index (χ1v) is 6.73. The van der Waals surface area contributed by atoms with Gasteiger partial charge in [0.2, 0.25) is 0 Å². The van der Waals surface area contributed by atoms with Gasteiger partial charge in [-0.3, -0.25) is 4.79 Å². The zero-order chi connectivity index (χ0) is 15.5. The van der Waals surface area contributed by atoms with Crippen LogP contribution in [0.25, 0.3) is 6.08 Å². The fraction of sp³-hybridized carbons (Fsp3) is 0.333. The van der Waals surface area contributed by atoms with Crippen LogP contribution >= 0.6 is 15.9 Å².